The summed E-state index contributed by atoms with van der Waals surface area (Å²) in [5.41, 5.74) is 2.80. The molecule has 3 N–H and O–H groups in total. The largest absolute Gasteiger partial charge is 0.493 e. The predicted octanol–water partition coefficient (Wildman–Crippen LogP) is 2.86. The first-order chi connectivity index (χ1) is 16.4. The van der Waals surface area contributed by atoms with Crippen molar-refractivity contribution in [2.45, 2.75) is 17.9 Å². The second-order valence-corrected chi connectivity index (χ2v) is 8.97. The summed E-state index contributed by atoms with van der Waals surface area (Å²) < 4.78 is 35.6. The molecule has 4 rings (SSSR count). The van der Waals surface area contributed by atoms with Crippen LogP contribution in [-0.2, 0) is 23.0 Å². The van der Waals surface area contributed by atoms with Crippen molar-refractivity contribution < 1.29 is 17.9 Å². The summed E-state index contributed by atoms with van der Waals surface area (Å²) in [7, 11) is -2.10. The molecule has 4 aromatic rings. The second kappa shape index (κ2) is 11.8. The summed E-state index contributed by atoms with van der Waals surface area (Å²) in [6, 6.07) is 21.9. The Hall–Kier alpha value is -3.51. The van der Waals surface area contributed by atoms with Crippen molar-refractivity contribution in [3.05, 3.63) is 83.9 Å². The molecular weight excluding hydrogens is 492 g/mol. The number of tetrazole rings is 1. The average Bonchev–Trinajstić information content (AvgIpc) is 3.31. The van der Waals surface area contributed by atoms with Gasteiger partial charge in [0.1, 0.15) is 0 Å². The number of sulfonamides is 1. The van der Waals surface area contributed by atoms with Crippen LogP contribution < -0.4 is 19.9 Å². The van der Waals surface area contributed by atoms with E-state index >= 15 is 0 Å². The third-order valence-electron chi connectivity index (χ3n) is 5.04. The van der Waals surface area contributed by atoms with Crippen molar-refractivity contribution in [3.63, 3.8) is 0 Å². The molecule has 3 aromatic carbocycles. The van der Waals surface area contributed by atoms with Crippen LogP contribution in [0.2, 0.25) is 0 Å². The highest BCUT2D eigenvalue weighted by Gasteiger charge is 2.14. The van der Waals surface area contributed by atoms with Gasteiger partial charge in [0.05, 0.1) is 17.7 Å². The van der Waals surface area contributed by atoms with Crippen LogP contribution in [-0.4, -0.2) is 42.3 Å². The lowest BCUT2D eigenvalue weighted by Crippen LogP contribution is -2.17. The summed E-state index contributed by atoms with van der Waals surface area (Å²) >= 11 is 0. The van der Waals surface area contributed by atoms with Gasteiger partial charge in [-0.2, -0.15) is 4.68 Å². The lowest BCUT2D eigenvalue weighted by atomic mass is 10.1. The maximum Gasteiger partial charge on any atom is 0.346 e. The molecule has 0 amide bonds. The molecule has 0 fully saturated rings. The van der Waals surface area contributed by atoms with E-state index in [2.05, 4.69) is 20.8 Å². The second-order valence-electron chi connectivity index (χ2n) is 7.41. The predicted molar refractivity (Wildman–Crippen MR) is 133 cm³/mol. The number of benzene rings is 3. The van der Waals surface area contributed by atoms with Gasteiger partial charge in [-0.15, -0.1) is 12.4 Å². The van der Waals surface area contributed by atoms with E-state index in [0.29, 0.717) is 24.6 Å². The summed E-state index contributed by atoms with van der Waals surface area (Å²) in [6.07, 6.45) is 0.741. The molecule has 0 bridgehead atoms. The van der Waals surface area contributed by atoms with Crippen LogP contribution in [0.4, 0.5) is 0 Å². The van der Waals surface area contributed by atoms with Crippen molar-refractivity contribution in [2.24, 2.45) is 5.14 Å². The van der Waals surface area contributed by atoms with Crippen LogP contribution in [0.5, 0.6) is 17.5 Å². The summed E-state index contributed by atoms with van der Waals surface area (Å²) in [5, 5.41) is 20.2. The smallest absolute Gasteiger partial charge is 0.346 e. The fraction of sp³-hybridized carbons (Fsp3) is 0.174. The minimum Gasteiger partial charge on any atom is -0.493 e. The molecule has 0 aliphatic carbocycles. The van der Waals surface area contributed by atoms with Gasteiger partial charge < -0.3 is 14.8 Å². The van der Waals surface area contributed by atoms with Crippen molar-refractivity contribution in [1.82, 2.24) is 25.5 Å². The van der Waals surface area contributed by atoms with Crippen molar-refractivity contribution in [2.75, 3.05) is 13.7 Å². The zero-order valence-electron chi connectivity index (χ0n) is 18.9. The third kappa shape index (κ3) is 6.76. The number of para-hydroxylation sites is 1. The molecule has 1 heterocycles. The quantitative estimate of drug-likeness (QED) is 0.307. The molecule has 1 aromatic heterocycles. The summed E-state index contributed by atoms with van der Waals surface area (Å²) in [5.74, 6) is 1.05. The van der Waals surface area contributed by atoms with Gasteiger partial charge in [-0.25, -0.2) is 13.6 Å². The van der Waals surface area contributed by atoms with E-state index in [9.17, 15) is 8.42 Å². The number of halogens is 1. The van der Waals surface area contributed by atoms with E-state index in [4.69, 9.17) is 14.6 Å². The van der Waals surface area contributed by atoms with Gasteiger partial charge in [0.25, 0.3) is 0 Å². The Morgan fingerprint density at radius 2 is 1.69 bits per heavy atom. The Morgan fingerprint density at radius 1 is 0.971 bits per heavy atom. The van der Waals surface area contributed by atoms with Crippen LogP contribution in [0.3, 0.4) is 0 Å². The van der Waals surface area contributed by atoms with E-state index < -0.39 is 10.0 Å². The molecule has 0 saturated heterocycles. The number of hydrogen-bond acceptors (Lipinski definition) is 8. The maximum atomic E-state index is 11.3. The van der Waals surface area contributed by atoms with E-state index in [1.807, 2.05) is 48.5 Å². The highest BCUT2D eigenvalue weighted by atomic mass is 35.5. The lowest BCUT2D eigenvalue weighted by molar-refractivity contribution is 0.362. The molecule has 10 nitrogen and oxygen atoms in total. The van der Waals surface area contributed by atoms with Crippen LogP contribution in [0.15, 0.2) is 77.7 Å². The van der Waals surface area contributed by atoms with Gasteiger partial charge in [-0.3, -0.25) is 0 Å². The number of methoxy groups -OCH3 is 1. The molecule has 0 radical (unpaired) electrons. The van der Waals surface area contributed by atoms with E-state index in [1.54, 1.807) is 19.2 Å². The Balaban J connectivity index is 0.00000342. The zero-order valence-corrected chi connectivity index (χ0v) is 20.5. The molecular formula is C23H25ClN6O4S. The first-order valence-corrected chi connectivity index (χ1v) is 12.0. The van der Waals surface area contributed by atoms with Crippen LogP contribution >= 0.6 is 12.4 Å². The molecule has 0 spiro atoms. The fourth-order valence-corrected chi connectivity index (χ4v) is 3.81. The van der Waals surface area contributed by atoms with Crippen molar-refractivity contribution in [1.29, 1.82) is 0 Å². The fourth-order valence-electron chi connectivity index (χ4n) is 3.29. The Bertz CT molecular complexity index is 1350. The molecule has 35 heavy (non-hydrogen) atoms. The Morgan fingerprint density at radius 3 is 2.37 bits per heavy atom. The van der Waals surface area contributed by atoms with E-state index in [0.717, 1.165) is 23.2 Å². The van der Waals surface area contributed by atoms with E-state index in [1.165, 1.54) is 16.8 Å². The van der Waals surface area contributed by atoms with Gasteiger partial charge >= 0.3 is 6.01 Å². The molecule has 0 atom stereocenters. The Labute approximate surface area is 209 Å². The number of hydrogen-bond donors (Lipinski definition) is 2. The number of nitrogens with zero attached hydrogens (tertiary/aromatic N) is 4. The van der Waals surface area contributed by atoms with Gasteiger partial charge in [0.2, 0.25) is 10.0 Å². The molecule has 0 aliphatic rings. The molecule has 0 saturated carbocycles. The maximum absolute atomic E-state index is 11.3. The van der Waals surface area contributed by atoms with E-state index in [-0.39, 0.29) is 23.3 Å². The minimum absolute atomic E-state index is 0. The summed E-state index contributed by atoms with van der Waals surface area (Å²) in [6.45, 7) is 1.33. The van der Waals surface area contributed by atoms with Crippen molar-refractivity contribution >= 4 is 22.4 Å². The number of ether oxygens (including phenoxy) is 2. The first-order valence-electron chi connectivity index (χ1n) is 10.4. The van der Waals surface area contributed by atoms with Crippen LogP contribution in [0, 0.1) is 0 Å². The number of aromatic nitrogens is 4. The highest BCUT2D eigenvalue weighted by Crippen LogP contribution is 2.32. The first kappa shape index (κ1) is 26.1. The number of primary sulfonamides is 1. The standard InChI is InChI=1S/C23H24N6O4S.ClH/c1-32-22-15-18(16-25-14-13-17-7-10-20(11-8-17)34(24,30)31)9-12-21(22)33-23-26-27-28-29(23)19-5-3-2-4-6-19;/h2-12,15,25H,13-14,16H2,1H3,(H2,24,30,31);1H. The Kier molecular flexibility index (Phi) is 8.77. The molecule has 0 unspecified atom stereocenters. The SMILES string of the molecule is COc1cc(CNCCc2ccc(S(N)(=O)=O)cc2)ccc1Oc1nnnn1-c1ccccc1.Cl. The van der Waals surface area contributed by atoms with Crippen molar-refractivity contribution in [3.8, 4) is 23.2 Å². The van der Waals surface area contributed by atoms with Crippen LogP contribution in [0.25, 0.3) is 5.69 Å². The van der Waals surface area contributed by atoms with Gasteiger partial charge in [0.15, 0.2) is 11.5 Å². The third-order valence-corrected chi connectivity index (χ3v) is 5.97. The number of rotatable bonds is 10. The van der Waals surface area contributed by atoms with Gasteiger partial charge in [0, 0.05) is 6.54 Å². The van der Waals surface area contributed by atoms with Gasteiger partial charge in [-0.1, -0.05) is 41.5 Å². The molecule has 184 valence electrons. The zero-order chi connectivity index (χ0) is 24.0. The average molecular weight is 517 g/mol. The van der Waals surface area contributed by atoms with Crippen LogP contribution in [0.1, 0.15) is 11.1 Å². The topological polar surface area (TPSA) is 134 Å². The number of nitrogens with one attached hydrogen (secondary N) is 1. The minimum atomic E-state index is -3.67. The number of nitrogens with two attached hydrogens (primary N) is 1. The highest BCUT2D eigenvalue weighted by molar-refractivity contribution is 7.89. The molecule has 0 aliphatic heterocycles. The summed E-state index contributed by atoms with van der Waals surface area (Å²) in [4.78, 5) is 0.108. The molecule has 12 heteroatoms. The normalized spacial score (nSPS) is 11.0. The lowest BCUT2D eigenvalue weighted by Gasteiger charge is -2.12. The van der Waals surface area contributed by atoms with Gasteiger partial charge in [-0.05, 0) is 70.9 Å². The monoisotopic (exact) mass is 516 g/mol.